The summed E-state index contributed by atoms with van der Waals surface area (Å²) in [5.74, 6) is -4.78. The molecule has 0 bridgehead atoms. The fourth-order valence-corrected chi connectivity index (χ4v) is 1.94. The molecular weight excluding hydrogens is 333 g/mol. The Morgan fingerprint density at radius 3 is 2.38 bits per heavy atom. The third kappa shape index (κ3) is 3.15. The minimum absolute atomic E-state index is 0.334. The number of hydrogen-bond acceptors (Lipinski definition) is 3. The van der Waals surface area contributed by atoms with Gasteiger partial charge in [-0.1, -0.05) is 12.1 Å². The molecule has 0 aliphatic rings. The largest absolute Gasteiger partial charge is 0.471 e. The van der Waals surface area contributed by atoms with Crippen molar-refractivity contribution in [3.05, 3.63) is 42.6 Å². The van der Waals surface area contributed by atoms with E-state index in [1.54, 1.807) is 6.07 Å². The summed E-state index contributed by atoms with van der Waals surface area (Å²) in [4.78, 5) is 11.1. The molecule has 3 rings (SSSR count). The molecule has 0 radical (unpaired) electrons. The van der Waals surface area contributed by atoms with E-state index in [0.29, 0.717) is 11.4 Å². The summed E-state index contributed by atoms with van der Waals surface area (Å²) in [5, 5.41) is 0. The summed E-state index contributed by atoms with van der Waals surface area (Å²) in [6.45, 7) is -1.83. The molecule has 0 aliphatic carbocycles. The van der Waals surface area contributed by atoms with Gasteiger partial charge in [-0.3, -0.25) is 0 Å². The van der Waals surface area contributed by atoms with Crippen molar-refractivity contribution in [1.29, 1.82) is 0 Å². The molecule has 3 aromatic rings. The zero-order valence-electron chi connectivity index (χ0n) is 11.9. The van der Waals surface area contributed by atoms with Crippen LogP contribution in [-0.4, -0.2) is 33.7 Å². The van der Waals surface area contributed by atoms with Crippen LogP contribution in [0.5, 0.6) is 5.88 Å². The lowest BCUT2D eigenvalue weighted by atomic mass is 10.3. The number of hydrogen-bond donors (Lipinski definition) is 1. The predicted octanol–water partition coefficient (Wildman–Crippen LogP) is 4.20. The molecule has 126 valence electrons. The van der Waals surface area contributed by atoms with E-state index in [2.05, 4.69) is 19.7 Å². The Morgan fingerprint density at radius 1 is 1.00 bits per heavy atom. The van der Waals surface area contributed by atoms with Gasteiger partial charge in [-0.05, 0) is 18.2 Å². The van der Waals surface area contributed by atoms with Crippen LogP contribution in [0.15, 0.2) is 42.6 Å². The van der Waals surface area contributed by atoms with Gasteiger partial charge in [-0.2, -0.15) is 22.0 Å². The molecule has 2 aromatic heterocycles. The smallest absolute Gasteiger partial charge is 0.456 e. The fourth-order valence-electron chi connectivity index (χ4n) is 1.94. The molecule has 0 fully saturated rings. The zero-order valence-corrected chi connectivity index (χ0v) is 11.9. The Balaban J connectivity index is 1.74. The Hall–Kier alpha value is -2.71. The van der Waals surface area contributed by atoms with Crippen LogP contribution >= 0.6 is 0 Å². The summed E-state index contributed by atoms with van der Waals surface area (Å²) >= 11 is 0. The number of halogens is 5. The van der Waals surface area contributed by atoms with Crippen LogP contribution in [-0.2, 0) is 0 Å². The number of benzene rings is 1. The minimum Gasteiger partial charge on any atom is -0.471 e. The molecule has 0 saturated heterocycles. The van der Waals surface area contributed by atoms with Crippen LogP contribution < -0.4 is 4.74 Å². The van der Waals surface area contributed by atoms with Gasteiger partial charge in [0.1, 0.15) is 5.82 Å². The first-order valence-corrected chi connectivity index (χ1v) is 6.75. The maximum atomic E-state index is 12.8. The van der Waals surface area contributed by atoms with E-state index in [9.17, 15) is 22.0 Å². The Morgan fingerprint density at radius 2 is 1.75 bits per heavy atom. The van der Waals surface area contributed by atoms with Crippen molar-refractivity contribution in [3.8, 4) is 17.3 Å². The lowest BCUT2D eigenvalue weighted by molar-refractivity contribution is -0.290. The highest BCUT2D eigenvalue weighted by molar-refractivity contribution is 5.79. The topological polar surface area (TPSA) is 50.8 Å². The average molecular weight is 343 g/mol. The third-order valence-electron chi connectivity index (χ3n) is 3.22. The van der Waals surface area contributed by atoms with Gasteiger partial charge in [0.25, 0.3) is 0 Å². The van der Waals surface area contributed by atoms with Crippen molar-refractivity contribution >= 4 is 11.0 Å². The van der Waals surface area contributed by atoms with Crippen LogP contribution in [0.4, 0.5) is 22.0 Å². The molecule has 0 spiro atoms. The predicted molar refractivity (Wildman–Crippen MR) is 75.8 cm³/mol. The van der Waals surface area contributed by atoms with Crippen molar-refractivity contribution in [2.75, 3.05) is 6.61 Å². The van der Waals surface area contributed by atoms with Crippen molar-refractivity contribution in [3.63, 3.8) is 0 Å². The summed E-state index contributed by atoms with van der Waals surface area (Å²) < 4.78 is 66.2. The summed E-state index contributed by atoms with van der Waals surface area (Å²) in [6, 6.07) is 9.96. The molecule has 0 atom stereocenters. The van der Waals surface area contributed by atoms with E-state index < -0.39 is 18.7 Å². The number of nitrogens with one attached hydrogen (secondary N) is 1. The van der Waals surface area contributed by atoms with Crippen molar-refractivity contribution in [2.24, 2.45) is 0 Å². The number of H-pyrrole nitrogens is 1. The van der Waals surface area contributed by atoms with E-state index in [1.807, 2.05) is 18.2 Å². The van der Waals surface area contributed by atoms with Gasteiger partial charge < -0.3 is 9.72 Å². The number of fused-ring (bicyclic) bond motifs is 1. The minimum atomic E-state index is -5.67. The number of ether oxygens (including phenoxy) is 1. The number of pyridine rings is 1. The second kappa shape index (κ2) is 5.73. The molecule has 9 heteroatoms. The number of aromatic amines is 1. The van der Waals surface area contributed by atoms with Gasteiger partial charge in [-0.25, -0.2) is 9.97 Å². The Kier molecular flexibility index (Phi) is 3.86. The van der Waals surface area contributed by atoms with E-state index in [-0.39, 0.29) is 5.88 Å². The number of imidazole rings is 1. The van der Waals surface area contributed by atoms with E-state index >= 15 is 0 Å². The number of nitrogens with zero attached hydrogens (tertiary/aromatic N) is 2. The summed E-state index contributed by atoms with van der Waals surface area (Å²) in [7, 11) is 0. The normalized spacial score (nSPS) is 12.5. The summed E-state index contributed by atoms with van der Waals surface area (Å²) in [6.07, 6.45) is -4.39. The first-order chi connectivity index (χ1) is 11.3. The van der Waals surface area contributed by atoms with Gasteiger partial charge in [0.2, 0.25) is 5.88 Å². The van der Waals surface area contributed by atoms with Gasteiger partial charge in [-0.15, -0.1) is 0 Å². The molecule has 0 aliphatic heterocycles. The zero-order chi connectivity index (χ0) is 17.4. The first-order valence-electron chi connectivity index (χ1n) is 6.75. The van der Waals surface area contributed by atoms with E-state index in [4.69, 9.17) is 0 Å². The van der Waals surface area contributed by atoms with Gasteiger partial charge in [0.15, 0.2) is 6.61 Å². The second-order valence-corrected chi connectivity index (χ2v) is 4.98. The van der Waals surface area contributed by atoms with Gasteiger partial charge in [0, 0.05) is 17.8 Å². The quantitative estimate of drug-likeness (QED) is 0.722. The SMILES string of the molecule is FC(F)(F)C(F)(F)COc1ccc(-c2nc3ccccc3[nH]2)cn1. The van der Waals surface area contributed by atoms with Crippen LogP contribution in [0.3, 0.4) is 0 Å². The third-order valence-corrected chi connectivity index (χ3v) is 3.22. The van der Waals surface area contributed by atoms with Crippen LogP contribution in [0.1, 0.15) is 0 Å². The Bertz CT molecular complexity index is 809. The van der Waals surface area contributed by atoms with Gasteiger partial charge >= 0.3 is 12.1 Å². The highest BCUT2D eigenvalue weighted by Gasteiger charge is 2.58. The maximum Gasteiger partial charge on any atom is 0.456 e. The molecule has 24 heavy (non-hydrogen) atoms. The van der Waals surface area contributed by atoms with Crippen molar-refractivity contribution in [2.45, 2.75) is 12.1 Å². The highest BCUT2D eigenvalue weighted by atomic mass is 19.4. The van der Waals surface area contributed by atoms with Crippen molar-refractivity contribution in [1.82, 2.24) is 15.0 Å². The highest BCUT2D eigenvalue weighted by Crippen LogP contribution is 2.35. The van der Waals surface area contributed by atoms with Crippen LogP contribution in [0.25, 0.3) is 22.4 Å². The van der Waals surface area contributed by atoms with Crippen LogP contribution in [0, 0.1) is 0 Å². The molecule has 0 saturated carbocycles. The van der Waals surface area contributed by atoms with Crippen molar-refractivity contribution < 1.29 is 26.7 Å². The molecule has 4 nitrogen and oxygen atoms in total. The average Bonchev–Trinajstić information content (AvgIpc) is 2.96. The number of para-hydroxylation sites is 2. The Labute approximate surface area is 132 Å². The molecule has 0 amide bonds. The molecule has 2 heterocycles. The monoisotopic (exact) mass is 343 g/mol. The molecule has 1 aromatic carbocycles. The van der Waals surface area contributed by atoms with Crippen LogP contribution in [0.2, 0.25) is 0 Å². The second-order valence-electron chi connectivity index (χ2n) is 4.98. The molecule has 1 N–H and O–H groups in total. The van der Waals surface area contributed by atoms with Gasteiger partial charge in [0.05, 0.1) is 11.0 Å². The number of rotatable bonds is 4. The number of aromatic nitrogens is 3. The fraction of sp³-hybridized carbons (Fsp3) is 0.200. The van der Waals surface area contributed by atoms with E-state index in [0.717, 1.165) is 11.0 Å². The molecular formula is C15H10F5N3O. The lowest BCUT2D eigenvalue weighted by Gasteiger charge is -2.19. The summed E-state index contributed by atoms with van der Waals surface area (Å²) in [5.41, 5.74) is 2.08. The standard InChI is InChI=1S/C15H10F5N3O/c16-14(17,15(18,19)20)8-24-12-6-5-9(7-21-12)13-22-10-3-1-2-4-11(10)23-13/h1-7H,8H2,(H,22,23). The lowest BCUT2D eigenvalue weighted by Crippen LogP contribution is -2.41. The maximum absolute atomic E-state index is 12.8. The molecule has 0 unspecified atom stereocenters. The number of alkyl halides is 5. The van der Waals surface area contributed by atoms with E-state index in [1.165, 1.54) is 18.3 Å². The first kappa shape index (κ1) is 16.2.